The Morgan fingerprint density at radius 2 is 1.77 bits per heavy atom. The molecule has 1 aliphatic rings. The molecule has 1 atom stereocenters. The van der Waals surface area contributed by atoms with Gasteiger partial charge in [-0.15, -0.1) is 0 Å². The number of aryl methyl sites for hydroxylation is 1. The molecule has 1 fully saturated rings. The van der Waals surface area contributed by atoms with Gasteiger partial charge in [-0.2, -0.15) is 0 Å². The highest BCUT2D eigenvalue weighted by molar-refractivity contribution is 6.08. The largest absolute Gasteiger partial charge is 0.496 e. The molecule has 1 N–H and O–H groups in total. The number of fused-ring (bicyclic) bond motifs is 1. The van der Waals surface area contributed by atoms with Crippen molar-refractivity contribution < 1.29 is 14.3 Å². The van der Waals surface area contributed by atoms with Crippen LogP contribution in [-0.4, -0.2) is 36.9 Å². The number of hydrogen-bond donors (Lipinski definition) is 1. The second kappa shape index (κ2) is 9.21. The summed E-state index contributed by atoms with van der Waals surface area (Å²) in [5.41, 5.74) is 2.93. The van der Waals surface area contributed by atoms with Gasteiger partial charge in [-0.1, -0.05) is 48.5 Å². The van der Waals surface area contributed by atoms with E-state index in [0.717, 1.165) is 40.5 Å². The average molecular weight is 417 g/mol. The minimum Gasteiger partial charge on any atom is -0.496 e. The van der Waals surface area contributed by atoms with Crippen LogP contribution < -0.4 is 10.1 Å². The molecule has 0 radical (unpaired) electrons. The van der Waals surface area contributed by atoms with Crippen LogP contribution in [0.4, 0.5) is 0 Å². The third-order valence-electron chi connectivity index (χ3n) is 6.13. The smallest absolute Gasteiger partial charge is 0.254 e. The molecule has 3 aromatic carbocycles. The molecule has 0 aliphatic carbocycles. The predicted molar refractivity (Wildman–Crippen MR) is 122 cm³/mol. The van der Waals surface area contributed by atoms with E-state index in [1.165, 1.54) is 0 Å². The average Bonchev–Trinajstić information content (AvgIpc) is 2.82. The normalized spacial score (nSPS) is 16.2. The van der Waals surface area contributed by atoms with Gasteiger partial charge in [0.15, 0.2) is 0 Å². The number of benzene rings is 3. The minimum absolute atomic E-state index is 0.0142. The Labute approximate surface area is 183 Å². The molecule has 5 heteroatoms. The van der Waals surface area contributed by atoms with E-state index in [0.29, 0.717) is 25.2 Å². The summed E-state index contributed by atoms with van der Waals surface area (Å²) in [7, 11) is 1.63. The van der Waals surface area contributed by atoms with Crippen LogP contribution in [0.3, 0.4) is 0 Å². The number of piperidine rings is 1. The molecule has 0 unspecified atom stereocenters. The first-order valence-electron chi connectivity index (χ1n) is 10.8. The number of amides is 2. The van der Waals surface area contributed by atoms with Crippen LogP contribution in [0.25, 0.3) is 10.8 Å². The topological polar surface area (TPSA) is 58.6 Å². The monoisotopic (exact) mass is 416 g/mol. The minimum atomic E-state index is -0.189. The zero-order valence-corrected chi connectivity index (χ0v) is 18.1. The van der Waals surface area contributed by atoms with Gasteiger partial charge in [0.25, 0.3) is 5.91 Å². The van der Waals surface area contributed by atoms with E-state index in [1.54, 1.807) is 7.11 Å². The number of rotatable bonds is 5. The Kier molecular flexibility index (Phi) is 6.21. The molecule has 160 valence electrons. The number of methoxy groups -OCH3 is 1. The zero-order chi connectivity index (χ0) is 21.8. The van der Waals surface area contributed by atoms with Crippen molar-refractivity contribution in [1.29, 1.82) is 0 Å². The molecule has 0 bridgehead atoms. The second-order valence-corrected chi connectivity index (χ2v) is 8.10. The van der Waals surface area contributed by atoms with Crippen LogP contribution in [0.5, 0.6) is 5.75 Å². The molecule has 1 saturated heterocycles. The fraction of sp³-hybridized carbons (Fsp3) is 0.308. The number of likely N-dealkylation sites (tertiary alicyclic amines) is 1. The van der Waals surface area contributed by atoms with E-state index in [2.05, 4.69) is 5.32 Å². The lowest BCUT2D eigenvalue weighted by molar-refractivity contribution is -0.126. The molecular weight excluding hydrogens is 388 g/mol. The van der Waals surface area contributed by atoms with Crippen molar-refractivity contribution in [2.45, 2.75) is 26.3 Å². The van der Waals surface area contributed by atoms with Gasteiger partial charge in [-0.05, 0) is 48.4 Å². The molecule has 1 aliphatic heterocycles. The van der Waals surface area contributed by atoms with Gasteiger partial charge in [0.05, 0.1) is 13.0 Å². The van der Waals surface area contributed by atoms with Gasteiger partial charge in [0, 0.05) is 30.6 Å². The number of nitrogens with one attached hydrogen (secondary N) is 1. The van der Waals surface area contributed by atoms with Gasteiger partial charge in [-0.3, -0.25) is 9.59 Å². The SMILES string of the molecule is COc1ccc(C(=O)N2CCC[C@H](C(=O)NCc3ccccc3C)C2)c2ccccc12. The first kappa shape index (κ1) is 20.9. The second-order valence-electron chi connectivity index (χ2n) is 8.10. The molecule has 0 saturated carbocycles. The van der Waals surface area contributed by atoms with Crippen molar-refractivity contribution in [1.82, 2.24) is 10.2 Å². The Morgan fingerprint density at radius 3 is 2.55 bits per heavy atom. The fourth-order valence-corrected chi connectivity index (χ4v) is 4.32. The number of hydrogen-bond acceptors (Lipinski definition) is 3. The summed E-state index contributed by atoms with van der Waals surface area (Å²) in [5.74, 6) is 0.543. The van der Waals surface area contributed by atoms with Crippen LogP contribution in [-0.2, 0) is 11.3 Å². The molecule has 4 rings (SSSR count). The van der Waals surface area contributed by atoms with Crippen molar-refractivity contribution in [3.63, 3.8) is 0 Å². The highest BCUT2D eigenvalue weighted by Gasteiger charge is 2.29. The van der Waals surface area contributed by atoms with Crippen molar-refractivity contribution in [2.24, 2.45) is 5.92 Å². The van der Waals surface area contributed by atoms with Gasteiger partial charge < -0.3 is 15.0 Å². The molecule has 31 heavy (non-hydrogen) atoms. The van der Waals surface area contributed by atoms with Crippen molar-refractivity contribution in [2.75, 3.05) is 20.2 Å². The number of carbonyl (C=O) groups excluding carboxylic acids is 2. The van der Waals surface area contributed by atoms with E-state index >= 15 is 0 Å². The Balaban J connectivity index is 1.47. The van der Waals surface area contributed by atoms with Gasteiger partial charge in [0.2, 0.25) is 5.91 Å². The Bertz CT molecular complexity index is 1110. The lowest BCUT2D eigenvalue weighted by Crippen LogP contribution is -2.45. The van der Waals surface area contributed by atoms with E-state index < -0.39 is 0 Å². The maximum atomic E-state index is 13.4. The van der Waals surface area contributed by atoms with Crippen LogP contribution in [0, 0.1) is 12.8 Å². The van der Waals surface area contributed by atoms with Crippen molar-refractivity contribution in [3.05, 3.63) is 77.4 Å². The fourth-order valence-electron chi connectivity index (χ4n) is 4.32. The molecule has 2 amide bonds. The third-order valence-corrected chi connectivity index (χ3v) is 6.13. The van der Waals surface area contributed by atoms with E-state index in [4.69, 9.17) is 4.74 Å². The number of ether oxygens (including phenoxy) is 1. The molecule has 5 nitrogen and oxygen atoms in total. The van der Waals surface area contributed by atoms with Crippen LogP contribution in [0.15, 0.2) is 60.7 Å². The summed E-state index contributed by atoms with van der Waals surface area (Å²) in [6.45, 7) is 3.67. The maximum absolute atomic E-state index is 13.4. The summed E-state index contributed by atoms with van der Waals surface area (Å²) in [5, 5.41) is 4.85. The zero-order valence-electron chi connectivity index (χ0n) is 18.1. The van der Waals surface area contributed by atoms with Gasteiger partial charge >= 0.3 is 0 Å². The summed E-state index contributed by atoms with van der Waals surface area (Å²) >= 11 is 0. The molecule has 3 aromatic rings. The Hall–Kier alpha value is -3.34. The highest BCUT2D eigenvalue weighted by atomic mass is 16.5. The standard InChI is InChI=1S/C26H28N2O3/c1-18-8-3-4-9-19(18)16-27-25(29)20-10-7-15-28(17-20)26(30)23-13-14-24(31-2)22-12-6-5-11-21(22)23/h3-6,8-9,11-14,20H,7,10,15-17H2,1-2H3,(H,27,29)/t20-/m0/s1. The predicted octanol–water partition coefficient (Wildman–Crippen LogP) is 4.33. The maximum Gasteiger partial charge on any atom is 0.254 e. The molecule has 0 aromatic heterocycles. The summed E-state index contributed by atoms with van der Waals surface area (Å²) in [4.78, 5) is 28.0. The van der Waals surface area contributed by atoms with Crippen LogP contribution in [0.1, 0.15) is 34.3 Å². The van der Waals surface area contributed by atoms with Gasteiger partial charge in [-0.25, -0.2) is 0 Å². The summed E-state index contributed by atoms with van der Waals surface area (Å²) in [6.07, 6.45) is 1.62. The molecule has 0 spiro atoms. The van der Waals surface area contributed by atoms with Crippen molar-refractivity contribution in [3.8, 4) is 5.75 Å². The first-order valence-corrected chi connectivity index (χ1v) is 10.8. The van der Waals surface area contributed by atoms with Crippen LogP contribution in [0.2, 0.25) is 0 Å². The van der Waals surface area contributed by atoms with Crippen LogP contribution >= 0.6 is 0 Å². The summed E-state index contributed by atoms with van der Waals surface area (Å²) in [6, 6.07) is 19.5. The Morgan fingerprint density at radius 1 is 1.03 bits per heavy atom. The lowest BCUT2D eigenvalue weighted by atomic mass is 9.95. The summed E-state index contributed by atoms with van der Waals surface area (Å²) < 4.78 is 5.45. The van der Waals surface area contributed by atoms with E-state index in [1.807, 2.05) is 72.5 Å². The first-order chi connectivity index (χ1) is 15.1. The van der Waals surface area contributed by atoms with Crippen molar-refractivity contribution >= 4 is 22.6 Å². The number of carbonyl (C=O) groups is 2. The van der Waals surface area contributed by atoms with E-state index in [-0.39, 0.29) is 17.7 Å². The third kappa shape index (κ3) is 4.41. The quantitative estimate of drug-likeness (QED) is 0.674. The molecule has 1 heterocycles. The van der Waals surface area contributed by atoms with Gasteiger partial charge in [0.1, 0.15) is 5.75 Å². The molecular formula is C26H28N2O3. The van der Waals surface area contributed by atoms with E-state index in [9.17, 15) is 9.59 Å². The highest BCUT2D eigenvalue weighted by Crippen LogP contribution is 2.30. The lowest BCUT2D eigenvalue weighted by Gasteiger charge is -2.32. The number of nitrogens with zero attached hydrogens (tertiary/aromatic N) is 1.